The van der Waals surface area contributed by atoms with Crippen LogP contribution in [-0.2, 0) is 0 Å². The fraction of sp³-hybridized carbons (Fsp3) is 0.688. The molecule has 3 aliphatic carbocycles. The number of aryl methyl sites for hydroxylation is 1. The van der Waals surface area contributed by atoms with Crippen molar-refractivity contribution in [3.8, 4) is 0 Å². The zero-order chi connectivity index (χ0) is 15.4. The van der Waals surface area contributed by atoms with Gasteiger partial charge in [-0.2, -0.15) is 0 Å². The molecule has 1 amide bonds. The smallest absolute Gasteiger partial charge is 0.283 e. The summed E-state index contributed by atoms with van der Waals surface area (Å²) in [7, 11) is 0. The Hall–Kier alpha value is -1.43. The highest BCUT2D eigenvalue weighted by Crippen LogP contribution is 2.58. The molecule has 0 saturated heterocycles. The van der Waals surface area contributed by atoms with E-state index in [0.717, 1.165) is 24.2 Å². The van der Waals surface area contributed by atoms with Crippen molar-refractivity contribution in [1.82, 2.24) is 5.32 Å². The average molecular weight is 320 g/mol. The number of rotatable bonds is 3. The highest BCUT2D eigenvalue weighted by atomic mass is 32.1. The molecule has 1 heterocycles. The number of nitrogens with zero attached hydrogens (tertiary/aromatic N) is 1. The Bertz CT molecular complexity index is 641. The lowest BCUT2D eigenvalue weighted by Crippen LogP contribution is -2.42. The molecule has 1 N–H and O–H groups in total. The number of nitrogens with one attached hydrogen (secondary N) is 1. The molecule has 0 spiro atoms. The lowest BCUT2D eigenvalue weighted by Gasteiger charge is -2.31. The first-order valence-electron chi connectivity index (χ1n) is 8.10. The van der Waals surface area contributed by atoms with Crippen LogP contribution in [0.4, 0.5) is 5.69 Å². The molecule has 3 aliphatic rings. The van der Waals surface area contributed by atoms with Gasteiger partial charge in [0.15, 0.2) is 0 Å². The predicted octanol–water partition coefficient (Wildman–Crippen LogP) is 3.52. The van der Waals surface area contributed by atoms with Gasteiger partial charge in [-0.1, -0.05) is 6.42 Å². The Balaban J connectivity index is 1.47. The maximum absolute atomic E-state index is 12.4. The van der Waals surface area contributed by atoms with Crippen molar-refractivity contribution in [2.75, 3.05) is 0 Å². The molecule has 118 valence electrons. The summed E-state index contributed by atoms with van der Waals surface area (Å²) in [5, 5.41) is 14.1. The molecule has 4 rings (SSSR count). The lowest BCUT2D eigenvalue weighted by molar-refractivity contribution is -0.385. The number of amides is 1. The van der Waals surface area contributed by atoms with Crippen molar-refractivity contribution in [2.24, 2.45) is 23.7 Å². The number of thiophene rings is 1. The van der Waals surface area contributed by atoms with E-state index in [2.05, 4.69) is 5.32 Å². The van der Waals surface area contributed by atoms with Crippen molar-refractivity contribution in [2.45, 2.75) is 45.1 Å². The number of fused-ring (bicyclic) bond motifs is 5. The van der Waals surface area contributed by atoms with Crippen LogP contribution in [0.3, 0.4) is 0 Å². The van der Waals surface area contributed by atoms with E-state index in [-0.39, 0.29) is 17.6 Å². The third-order valence-electron chi connectivity index (χ3n) is 6.06. The molecule has 0 aliphatic heterocycles. The van der Waals surface area contributed by atoms with Crippen molar-refractivity contribution >= 4 is 22.9 Å². The Morgan fingerprint density at radius 2 is 2.09 bits per heavy atom. The summed E-state index contributed by atoms with van der Waals surface area (Å²) in [4.78, 5) is 24.0. The molecule has 6 heteroatoms. The third kappa shape index (κ3) is 2.07. The molecule has 3 fully saturated rings. The number of carbonyl (C=O) groups is 1. The highest BCUT2D eigenvalue weighted by Gasteiger charge is 2.54. The van der Waals surface area contributed by atoms with E-state index < -0.39 is 4.92 Å². The summed E-state index contributed by atoms with van der Waals surface area (Å²) < 4.78 is 0. The van der Waals surface area contributed by atoms with Crippen molar-refractivity contribution in [3.05, 3.63) is 25.9 Å². The Morgan fingerprint density at radius 3 is 2.82 bits per heavy atom. The first kappa shape index (κ1) is 14.2. The van der Waals surface area contributed by atoms with Gasteiger partial charge in [0.1, 0.15) is 0 Å². The second kappa shape index (κ2) is 5.05. The topological polar surface area (TPSA) is 72.2 Å². The van der Waals surface area contributed by atoms with Crippen molar-refractivity contribution in [3.63, 3.8) is 0 Å². The van der Waals surface area contributed by atoms with Gasteiger partial charge in [0.05, 0.1) is 14.7 Å². The van der Waals surface area contributed by atoms with E-state index in [1.165, 1.54) is 43.1 Å². The molecule has 5 atom stereocenters. The maximum atomic E-state index is 12.4. The maximum Gasteiger partial charge on any atom is 0.283 e. The molecule has 3 saturated carbocycles. The van der Waals surface area contributed by atoms with Crippen LogP contribution >= 0.6 is 11.3 Å². The summed E-state index contributed by atoms with van der Waals surface area (Å²) in [6.07, 6.45) is 6.41. The van der Waals surface area contributed by atoms with Gasteiger partial charge in [0, 0.05) is 12.1 Å². The second-order valence-electron chi connectivity index (χ2n) is 7.04. The van der Waals surface area contributed by atoms with Gasteiger partial charge >= 0.3 is 0 Å². The zero-order valence-electron chi connectivity index (χ0n) is 12.6. The summed E-state index contributed by atoms with van der Waals surface area (Å²) >= 11 is 1.22. The molecule has 1 aromatic rings. The molecule has 22 heavy (non-hydrogen) atoms. The Kier molecular flexibility index (Phi) is 3.25. The minimum atomic E-state index is -0.413. The van der Waals surface area contributed by atoms with Crippen LogP contribution in [-0.4, -0.2) is 16.9 Å². The fourth-order valence-electron chi connectivity index (χ4n) is 5.24. The number of nitro groups is 1. The second-order valence-corrected chi connectivity index (χ2v) is 8.30. The van der Waals surface area contributed by atoms with Crippen LogP contribution in [0.2, 0.25) is 0 Å². The summed E-state index contributed by atoms with van der Waals surface area (Å²) in [6, 6.07) is 1.69. The van der Waals surface area contributed by atoms with Gasteiger partial charge in [-0.15, -0.1) is 11.3 Å². The minimum Gasteiger partial charge on any atom is -0.348 e. The van der Waals surface area contributed by atoms with Crippen molar-refractivity contribution < 1.29 is 9.72 Å². The van der Waals surface area contributed by atoms with Gasteiger partial charge in [0.2, 0.25) is 0 Å². The average Bonchev–Trinajstić information content (AvgIpc) is 3.17. The molecular formula is C16H20N2O3S. The van der Waals surface area contributed by atoms with Gasteiger partial charge in [-0.3, -0.25) is 14.9 Å². The number of carbonyl (C=O) groups excluding carboxylic acids is 1. The van der Waals surface area contributed by atoms with Crippen LogP contribution < -0.4 is 5.32 Å². The third-order valence-corrected chi connectivity index (χ3v) is 7.10. The highest BCUT2D eigenvalue weighted by molar-refractivity contribution is 7.14. The monoisotopic (exact) mass is 320 g/mol. The van der Waals surface area contributed by atoms with Gasteiger partial charge in [0.25, 0.3) is 11.6 Å². The molecule has 0 radical (unpaired) electrons. The minimum absolute atomic E-state index is 0.0546. The van der Waals surface area contributed by atoms with Crippen LogP contribution in [0.25, 0.3) is 0 Å². The normalized spacial score (nSPS) is 35.6. The van der Waals surface area contributed by atoms with E-state index in [1.54, 1.807) is 6.92 Å². The van der Waals surface area contributed by atoms with Gasteiger partial charge in [-0.05, 0) is 56.3 Å². The summed E-state index contributed by atoms with van der Waals surface area (Å²) in [5.74, 6) is 3.01. The molecule has 1 aromatic heterocycles. The largest absolute Gasteiger partial charge is 0.348 e. The zero-order valence-corrected chi connectivity index (χ0v) is 13.4. The standard InChI is InChI=1S/C16H20N2O3S/c1-8-14(18(20)21)7-15(22-8)16(19)17-13-6-9-5-12(13)11-4-2-3-10(9)11/h7,9-13H,2-6H2,1H3,(H,17,19)/t9-,10+,11-,12+,13-/m1/s1. The quantitative estimate of drug-likeness (QED) is 0.684. The molecule has 5 nitrogen and oxygen atoms in total. The summed E-state index contributed by atoms with van der Waals surface area (Å²) in [5.41, 5.74) is 0.0546. The lowest BCUT2D eigenvalue weighted by atomic mass is 9.79. The molecule has 2 bridgehead atoms. The van der Waals surface area contributed by atoms with Crippen LogP contribution in [0.15, 0.2) is 6.07 Å². The SMILES string of the molecule is Cc1sc(C(=O)N[C@@H]2C[C@H]3C[C@H]2[C@@H]2CCC[C@@H]32)cc1[N+](=O)[O-]. The van der Waals surface area contributed by atoms with Gasteiger partial charge in [-0.25, -0.2) is 0 Å². The first-order valence-corrected chi connectivity index (χ1v) is 8.92. The van der Waals surface area contributed by atoms with E-state index in [9.17, 15) is 14.9 Å². The van der Waals surface area contributed by atoms with Gasteiger partial charge < -0.3 is 5.32 Å². The number of hydrogen-bond acceptors (Lipinski definition) is 4. The fourth-order valence-corrected chi connectivity index (χ4v) is 6.13. The van der Waals surface area contributed by atoms with E-state index in [4.69, 9.17) is 0 Å². The number of hydrogen-bond donors (Lipinski definition) is 1. The van der Waals surface area contributed by atoms with Crippen molar-refractivity contribution in [1.29, 1.82) is 0 Å². The summed E-state index contributed by atoms with van der Waals surface area (Å²) in [6.45, 7) is 1.69. The van der Waals surface area contributed by atoms with Crippen LogP contribution in [0.1, 0.15) is 46.7 Å². The van der Waals surface area contributed by atoms with Crippen LogP contribution in [0, 0.1) is 40.7 Å². The van der Waals surface area contributed by atoms with E-state index in [1.807, 2.05) is 0 Å². The van der Waals surface area contributed by atoms with E-state index in [0.29, 0.717) is 15.7 Å². The molecule has 0 unspecified atom stereocenters. The first-order chi connectivity index (χ1) is 10.5. The Labute approximate surface area is 133 Å². The van der Waals surface area contributed by atoms with E-state index >= 15 is 0 Å². The van der Waals surface area contributed by atoms with Crippen LogP contribution in [0.5, 0.6) is 0 Å². The predicted molar refractivity (Wildman–Crippen MR) is 84.0 cm³/mol. The molecular weight excluding hydrogens is 300 g/mol. The Morgan fingerprint density at radius 1 is 1.32 bits per heavy atom. The molecule has 0 aromatic carbocycles.